The zero-order valence-electron chi connectivity index (χ0n) is 14.8. The zero-order chi connectivity index (χ0) is 18.7. The van der Waals surface area contributed by atoms with E-state index in [9.17, 15) is 14.7 Å². The molecule has 2 heterocycles. The summed E-state index contributed by atoms with van der Waals surface area (Å²) in [6, 6.07) is 8.22. The number of para-hydroxylation sites is 1. The molecule has 0 spiro atoms. The van der Waals surface area contributed by atoms with Gasteiger partial charge >= 0.3 is 5.97 Å². The summed E-state index contributed by atoms with van der Waals surface area (Å²) in [5.41, 5.74) is 1.81. The SMILES string of the molecule is COc1ccccc1-c1csc(N(C(=O)[C@@H]2CCCN2)[C@@H](C)C(=O)O)c1. The van der Waals surface area contributed by atoms with Crippen molar-refractivity contribution in [3.05, 3.63) is 35.7 Å². The molecule has 26 heavy (non-hydrogen) atoms. The van der Waals surface area contributed by atoms with Gasteiger partial charge in [-0.05, 0) is 44.0 Å². The van der Waals surface area contributed by atoms with Gasteiger partial charge in [0.1, 0.15) is 11.8 Å². The van der Waals surface area contributed by atoms with E-state index in [4.69, 9.17) is 4.74 Å². The van der Waals surface area contributed by atoms with Gasteiger partial charge < -0.3 is 15.2 Å². The molecule has 0 unspecified atom stereocenters. The third kappa shape index (κ3) is 3.59. The Hall–Kier alpha value is -2.38. The molecule has 1 aromatic heterocycles. The summed E-state index contributed by atoms with van der Waals surface area (Å²) in [7, 11) is 1.61. The number of carbonyl (C=O) groups excluding carboxylic acids is 1. The van der Waals surface area contributed by atoms with Crippen LogP contribution in [-0.2, 0) is 9.59 Å². The van der Waals surface area contributed by atoms with Crippen molar-refractivity contribution in [2.24, 2.45) is 0 Å². The normalized spacial score (nSPS) is 17.7. The molecule has 6 nitrogen and oxygen atoms in total. The van der Waals surface area contributed by atoms with E-state index in [1.54, 1.807) is 7.11 Å². The number of carboxylic acids is 1. The number of ether oxygens (including phenoxy) is 1. The van der Waals surface area contributed by atoms with Crippen LogP contribution in [0.25, 0.3) is 11.1 Å². The first-order valence-electron chi connectivity index (χ1n) is 8.54. The first kappa shape index (κ1) is 18.4. The van der Waals surface area contributed by atoms with Crippen molar-refractivity contribution in [1.29, 1.82) is 0 Å². The lowest BCUT2D eigenvalue weighted by Crippen LogP contribution is -2.50. The Balaban J connectivity index is 1.96. The number of anilines is 1. The van der Waals surface area contributed by atoms with Crippen molar-refractivity contribution < 1.29 is 19.4 Å². The molecule has 2 aromatic rings. The van der Waals surface area contributed by atoms with Crippen LogP contribution in [0.2, 0.25) is 0 Å². The maximum atomic E-state index is 12.9. The molecule has 0 saturated carbocycles. The Labute approximate surface area is 156 Å². The zero-order valence-corrected chi connectivity index (χ0v) is 15.6. The van der Waals surface area contributed by atoms with E-state index in [2.05, 4.69) is 5.32 Å². The number of amides is 1. The summed E-state index contributed by atoms with van der Waals surface area (Å²) < 4.78 is 5.40. The van der Waals surface area contributed by atoms with Crippen LogP contribution in [0.4, 0.5) is 5.00 Å². The maximum Gasteiger partial charge on any atom is 0.326 e. The van der Waals surface area contributed by atoms with Crippen molar-refractivity contribution in [1.82, 2.24) is 5.32 Å². The van der Waals surface area contributed by atoms with Gasteiger partial charge in [0, 0.05) is 10.9 Å². The average molecular weight is 374 g/mol. The number of carbonyl (C=O) groups is 2. The smallest absolute Gasteiger partial charge is 0.326 e. The summed E-state index contributed by atoms with van der Waals surface area (Å²) in [6.07, 6.45) is 1.65. The van der Waals surface area contributed by atoms with Gasteiger partial charge in [-0.1, -0.05) is 18.2 Å². The summed E-state index contributed by atoms with van der Waals surface area (Å²) in [5.74, 6) is -0.479. The number of nitrogens with zero attached hydrogens (tertiary/aromatic N) is 1. The van der Waals surface area contributed by atoms with E-state index in [1.807, 2.05) is 35.7 Å². The quantitative estimate of drug-likeness (QED) is 0.813. The molecule has 1 aliphatic rings. The predicted octanol–water partition coefficient (Wildman–Crippen LogP) is 2.98. The molecule has 2 atom stereocenters. The van der Waals surface area contributed by atoms with Gasteiger partial charge in [-0.25, -0.2) is 4.79 Å². The van der Waals surface area contributed by atoms with Crippen LogP contribution in [0, 0.1) is 0 Å². The summed E-state index contributed by atoms with van der Waals surface area (Å²) in [4.78, 5) is 25.9. The van der Waals surface area contributed by atoms with Crippen LogP contribution in [-0.4, -0.2) is 42.7 Å². The highest BCUT2D eigenvalue weighted by molar-refractivity contribution is 7.14. The largest absolute Gasteiger partial charge is 0.496 e. The monoisotopic (exact) mass is 374 g/mol. The van der Waals surface area contributed by atoms with Gasteiger partial charge in [0.2, 0.25) is 5.91 Å². The number of rotatable bonds is 6. The number of methoxy groups -OCH3 is 1. The molecular formula is C19H22N2O4S. The molecule has 1 aliphatic heterocycles. The van der Waals surface area contributed by atoms with Crippen LogP contribution in [0.1, 0.15) is 19.8 Å². The molecule has 0 bridgehead atoms. The van der Waals surface area contributed by atoms with E-state index >= 15 is 0 Å². The number of aliphatic carboxylic acids is 1. The Morgan fingerprint density at radius 2 is 2.15 bits per heavy atom. The molecule has 7 heteroatoms. The fraction of sp³-hybridized carbons (Fsp3) is 0.368. The van der Waals surface area contributed by atoms with Gasteiger partial charge in [-0.2, -0.15) is 0 Å². The third-order valence-corrected chi connectivity index (χ3v) is 5.51. The van der Waals surface area contributed by atoms with Gasteiger partial charge in [0.15, 0.2) is 0 Å². The summed E-state index contributed by atoms with van der Waals surface area (Å²) >= 11 is 1.36. The van der Waals surface area contributed by atoms with Gasteiger partial charge in [-0.15, -0.1) is 11.3 Å². The minimum Gasteiger partial charge on any atom is -0.496 e. The van der Waals surface area contributed by atoms with Gasteiger partial charge in [0.25, 0.3) is 0 Å². The van der Waals surface area contributed by atoms with E-state index in [0.717, 1.165) is 36.3 Å². The first-order valence-corrected chi connectivity index (χ1v) is 9.42. The Morgan fingerprint density at radius 1 is 1.38 bits per heavy atom. The fourth-order valence-corrected chi connectivity index (χ4v) is 4.14. The molecule has 1 fully saturated rings. The number of hydrogen-bond acceptors (Lipinski definition) is 5. The number of nitrogens with one attached hydrogen (secondary N) is 1. The average Bonchev–Trinajstić information content (AvgIpc) is 3.33. The number of benzene rings is 1. The highest BCUT2D eigenvalue weighted by Gasteiger charge is 2.34. The lowest BCUT2D eigenvalue weighted by atomic mass is 10.1. The molecule has 3 rings (SSSR count). The van der Waals surface area contributed by atoms with Crippen LogP contribution >= 0.6 is 11.3 Å². The highest BCUT2D eigenvalue weighted by Crippen LogP contribution is 2.37. The summed E-state index contributed by atoms with van der Waals surface area (Å²) in [6.45, 7) is 2.32. The second-order valence-corrected chi connectivity index (χ2v) is 7.13. The van der Waals surface area contributed by atoms with E-state index in [1.165, 1.54) is 23.2 Å². The van der Waals surface area contributed by atoms with Gasteiger partial charge in [0.05, 0.1) is 18.2 Å². The maximum absolute atomic E-state index is 12.9. The lowest BCUT2D eigenvalue weighted by Gasteiger charge is -2.27. The van der Waals surface area contributed by atoms with Crippen molar-refractivity contribution >= 4 is 28.2 Å². The minimum atomic E-state index is -1.02. The van der Waals surface area contributed by atoms with Crippen LogP contribution in [0.15, 0.2) is 35.7 Å². The minimum absolute atomic E-state index is 0.189. The second-order valence-electron chi connectivity index (χ2n) is 6.25. The van der Waals surface area contributed by atoms with Crippen LogP contribution in [0.3, 0.4) is 0 Å². The van der Waals surface area contributed by atoms with E-state index < -0.39 is 12.0 Å². The molecule has 1 saturated heterocycles. The molecular weight excluding hydrogens is 352 g/mol. The van der Waals surface area contributed by atoms with Crippen molar-refractivity contribution in [2.75, 3.05) is 18.6 Å². The van der Waals surface area contributed by atoms with Crippen molar-refractivity contribution in [3.8, 4) is 16.9 Å². The Morgan fingerprint density at radius 3 is 2.81 bits per heavy atom. The standard InChI is InChI=1S/C19H22N2O4S/c1-12(19(23)24)21(18(22)15-7-5-9-20-15)17-10-13(11-26-17)14-6-3-4-8-16(14)25-2/h3-4,6,8,10-12,15,20H,5,7,9H2,1-2H3,(H,23,24)/t12-,15-/m0/s1. The molecule has 1 amide bonds. The summed E-state index contributed by atoms with van der Waals surface area (Å²) in [5, 5.41) is 15.2. The Kier molecular flexibility index (Phi) is 5.58. The number of carboxylic acid groups (broad SMARTS) is 1. The molecule has 138 valence electrons. The van der Waals surface area contributed by atoms with Crippen molar-refractivity contribution in [2.45, 2.75) is 31.8 Å². The van der Waals surface area contributed by atoms with E-state index in [-0.39, 0.29) is 11.9 Å². The number of hydrogen-bond donors (Lipinski definition) is 2. The topological polar surface area (TPSA) is 78.9 Å². The Bertz CT molecular complexity index is 798. The molecule has 0 radical (unpaired) electrons. The van der Waals surface area contributed by atoms with Gasteiger partial charge in [-0.3, -0.25) is 9.69 Å². The highest BCUT2D eigenvalue weighted by atomic mass is 32.1. The van der Waals surface area contributed by atoms with Crippen LogP contribution < -0.4 is 15.0 Å². The fourth-order valence-electron chi connectivity index (χ4n) is 3.14. The van der Waals surface area contributed by atoms with Crippen molar-refractivity contribution in [3.63, 3.8) is 0 Å². The molecule has 2 N–H and O–H groups in total. The molecule has 1 aromatic carbocycles. The second kappa shape index (κ2) is 7.88. The molecule has 0 aliphatic carbocycles. The third-order valence-electron chi connectivity index (χ3n) is 4.58. The number of thiophene rings is 1. The first-order chi connectivity index (χ1) is 12.5. The van der Waals surface area contributed by atoms with Crippen LogP contribution in [0.5, 0.6) is 5.75 Å². The predicted molar refractivity (Wildman–Crippen MR) is 102 cm³/mol. The lowest BCUT2D eigenvalue weighted by molar-refractivity contribution is -0.139. The van der Waals surface area contributed by atoms with E-state index in [0.29, 0.717) is 5.00 Å².